The van der Waals surface area contributed by atoms with E-state index in [4.69, 9.17) is 9.47 Å². The van der Waals surface area contributed by atoms with Gasteiger partial charge in [0.1, 0.15) is 0 Å². The zero-order chi connectivity index (χ0) is 13.1. The molecule has 0 heterocycles. The van der Waals surface area contributed by atoms with Crippen molar-refractivity contribution in [2.45, 2.75) is 26.7 Å². The van der Waals surface area contributed by atoms with Gasteiger partial charge in [0, 0.05) is 20.1 Å². The van der Waals surface area contributed by atoms with Gasteiger partial charge in [0.25, 0.3) is 0 Å². The molecule has 1 N–H and O–H groups in total. The number of carbonyl (C=O) groups excluding carboxylic acids is 2. The van der Waals surface area contributed by atoms with E-state index in [0.717, 1.165) is 12.8 Å². The highest BCUT2D eigenvalue weighted by Crippen LogP contribution is 1.95. The standard InChI is InChI=1S/C11H22N2O4/c1-4-16-10(14)12-8-6-7-9-13(3)11(15)17-5-2/h4-9H2,1-3H3,(H,12,14). The number of nitrogens with one attached hydrogen (secondary N) is 1. The molecule has 0 atom stereocenters. The fourth-order valence-electron chi connectivity index (χ4n) is 1.17. The van der Waals surface area contributed by atoms with Gasteiger partial charge in [-0.25, -0.2) is 9.59 Å². The second-order valence-electron chi connectivity index (χ2n) is 3.47. The van der Waals surface area contributed by atoms with Crippen molar-refractivity contribution in [3.05, 3.63) is 0 Å². The topological polar surface area (TPSA) is 67.9 Å². The summed E-state index contributed by atoms with van der Waals surface area (Å²) in [5, 5.41) is 2.62. The van der Waals surface area contributed by atoms with E-state index in [1.165, 1.54) is 4.90 Å². The molecule has 0 aromatic heterocycles. The number of hydrogen-bond acceptors (Lipinski definition) is 4. The van der Waals surface area contributed by atoms with Crippen LogP contribution in [0.4, 0.5) is 9.59 Å². The minimum atomic E-state index is -0.397. The van der Waals surface area contributed by atoms with Crippen molar-refractivity contribution >= 4 is 12.2 Å². The number of alkyl carbamates (subject to hydrolysis) is 1. The quantitative estimate of drug-likeness (QED) is 0.693. The summed E-state index contributed by atoms with van der Waals surface area (Å²) in [6.07, 6.45) is 0.890. The summed E-state index contributed by atoms with van der Waals surface area (Å²) in [4.78, 5) is 23.7. The predicted octanol–water partition coefficient (Wildman–Crippen LogP) is 1.60. The number of nitrogens with zero attached hydrogens (tertiary/aromatic N) is 1. The van der Waals surface area contributed by atoms with E-state index in [1.54, 1.807) is 20.9 Å². The Morgan fingerprint density at radius 3 is 2.35 bits per heavy atom. The molecule has 0 radical (unpaired) electrons. The lowest BCUT2D eigenvalue weighted by Gasteiger charge is -2.16. The van der Waals surface area contributed by atoms with E-state index in [-0.39, 0.29) is 6.09 Å². The van der Waals surface area contributed by atoms with Crippen molar-refractivity contribution in [3.8, 4) is 0 Å². The second kappa shape index (κ2) is 9.74. The van der Waals surface area contributed by atoms with Gasteiger partial charge in [0.15, 0.2) is 0 Å². The molecule has 0 fully saturated rings. The molecule has 0 unspecified atom stereocenters. The molecule has 0 aliphatic carbocycles. The van der Waals surface area contributed by atoms with Crippen LogP contribution >= 0.6 is 0 Å². The first kappa shape index (κ1) is 15.5. The number of amides is 2. The summed E-state index contributed by atoms with van der Waals surface area (Å²) < 4.78 is 9.53. The number of hydrogen-bond donors (Lipinski definition) is 1. The molecule has 0 bridgehead atoms. The minimum absolute atomic E-state index is 0.314. The Kier molecular flexibility index (Phi) is 8.91. The molecule has 0 aromatic carbocycles. The zero-order valence-electron chi connectivity index (χ0n) is 10.8. The van der Waals surface area contributed by atoms with Crippen LogP contribution in [0.3, 0.4) is 0 Å². The first-order valence-electron chi connectivity index (χ1n) is 5.90. The van der Waals surface area contributed by atoms with Crippen molar-refractivity contribution in [1.29, 1.82) is 0 Å². The smallest absolute Gasteiger partial charge is 0.409 e. The summed E-state index contributed by atoms with van der Waals surface area (Å²) in [6.45, 7) is 5.45. The Hall–Kier alpha value is -1.46. The van der Waals surface area contributed by atoms with Gasteiger partial charge in [0.2, 0.25) is 0 Å². The Morgan fingerprint density at radius 1 is 1.12 bits per heavy atom. The van der Waals surface area contributed by atoms with E-state index >= 15 is 0 Å². The third kappa shape index (κ3) is 8.36. The highest BCUT2D eigenvalue weighted by atomic mass is 16.6. The molecule has 100 valence electrons. The second-order valence-corrected chi connectivity index (χ2v) is 3.47. The van der Waals surface area contributed by atoms with Crippen LogP contribution in [0.25, 0.3) is 0 Å². The Balaban J connectivity index is 3.45. The van der Waals surface area contributed by atoms with Gasteiger partial charge >= 0.3 is 12.2 Å². The SMILES string of the molecule is CCOC(=O)NCCCCN(C)C(=O)OCC. The molecular weight excluding hydrogens is 224 g/mol. The fraction of sp³-hybridized carbons (Fsp3) is 0.818. The predicted molar refractivity (Wildman–Crippen MR) is 63.9 cm³/mol. The highest BCUT2D eigenvalue weighted by molar-refractivity contribution is 5.67. The average molecular weight is 246 g/mol. The van der Waals surface area contributed by atoms with Crippen molar-refractivity contribution in [3.63, 3.8) is 0 Å². The first-order chi connectivity index (χ1) is 8.11. The van der Waals surface area contributed by atoms with Gasteiger partial charge in [-0.3, -0.25) is 0 Å². The van der Waals surface area contributed by atoms with Crippen LogP contribution in [0, 0.1) is 0 Å². The molecule has 6 heteroatoms. The Bertz CT molecular complexity index is 234. The van der Waals surface area contributed by atoms with Crippen molar-refractivity contribution in [1.82, 2.24) is 10.2 Å². The molecule has 0 spiro atoms. The molecule has 17 heavy (non-hydrogen) atoms. The molecule has 0 aliphatic heterocycles. The highest BCUT2D eigenvalue weighted by Gasteiger charge is 2.07. The van der Waals surface area contributed by atoms with E-state index in [9.17, 15) is 9.59 Å². The third-order valence-electron chi connectivity index (χ3n) is 2.04. The van der Waals surface area contributed by atoms with Crippen LogP contribution in [0.1, 0.15) is 26.7 Å². The Labute approximate surface area is 102 Å². The lowest BCUT2D eigenvalue weighted by Crippen LogP contribution is -2.29. The molecule has 2 amide bonds. The van der Waals surface area contributed by atoms with E-state index in [0.29, 0.717) is 26.3 Å². The van der Waals surface area contributed by atoms with Gasteiger partial charge in [-0.2, -0.15) is 0 Å². The summed E-state index contributed by atoms with van der Waals surface area (Å²) in [5.41, 5.74) is 0. The monoisotopic (exact) mass is 246 g/mol. The summed E-state index contributed by atoms with van der Waals surface area (Å²) in [5.74, 6) is 0. The number of ether oxygens (including phenoxy) is 2. The third-order valence-corrected chi connectivity index (χ3v) is 2.04. The number of unbranched alkanes of at least 4 members (excludes halogenated alkanes) is 1. The molecule has 6 nitrogen and oxygen atoms in total. The summed E-state index contributed by atoms with van der Waals surface area (Å²) in [7, 11) is 1.69. The van der Waals surface area contributed by atoms with Crippen LogP contribution in [-0.2, 0) is 9.47 Å². The number of rotatable bonds is 7. The fourth-order valence-corrected chi connectivity index (χ4v) is 1.17. The van der Waals surface area contributed by atoms with Crippen LogP contribution in [0.5, 0.6) is 0 Å². The van der Waals surface area contributed by atoms with Crippen LogP contribution in [0.2, 0.25) is 0 Å². The zero-order valence-corrected chi connectivity index (χ0v) is 10.8. The van der Waals surface area contributed by atoms with Gasteiger partial charge in [-0.1, -0.05) is 0 Å². The average Bonchev–Trinajstić information content (AvgIpc) is 2.29. The maximum Gasteiger partial charge on any atom is 0.409 e. The molecule has 0 aromatic rings. The molecule has 0 aliphatic rings. The maximum atomic E-state index is 11.2. The summed E-state index contributed by atoms with van der Waals surface area (Å²) >= 11 is 0. The van der Waals surface area contributed by atoms with Crippen molar-refractivity contribution in [2.75, 3.05) is 33.4 Å². The minimum Gasteiger partial charge on any atom is -0.450 e. The van der Waals surface area contributed by atoms with Gasteiger partial charge < -0.3 is 19.7 Å². The lowest BCUT2D eigenvalue weighted by atomic mass is 10.3. The van der Waals surface area contributed by atoms with Gasteiger partial charge in [0.05, 0.1) is 13.2 Å². The molecule has 0 saturated carbocycles. The molecule has 0 rings (SSSR count). The largest absolute Gasteiger partial charge is 0.450 e. The van der Waals surface area contributed by atoms with Crippen LogP contribution < -0.4 is 5.32 Å². The van der Waals surface area contributed by atoms with Gasteiger partial charge in [-0.15, -0.1) is 0 Å². The van der Waals surface area contributed by atoms with Crippen molar-refractivity contribution in [2.24, 2.45) is 0 Å². The lowest BCUT2D eigenvalue weighted by molar-refractivity contribution is 0.115. The van der Waals surface area contributed by atoms with Gasteiger partial charge in [-0.05, 0) is 26.7 Å². The molecule has 0 saturated heterocycles. The van der Waals surface area contributed by atoms with E-state index in [1.807, 2.05) is 0 Å². The van der Waals surface area contributed by atoms with Crippen molar-refractivity contribution < 1.29 is 19.1 Å². The van der Waals surface area contributed by atoms with E-state index in [2.05, 4.69) is 5.32 Å². The number of carbonyl (C=O) groups is 2. The molecular formula is C11H22N2O4. The maximum absolute atomic E-state index is 11.2. The Morgan fingerprint density at radius 2 is 1.76 bits per heavy atom. The first-order valence-corrected chi connectivity index (χ1v) is 5.90. The van der Waals surface area contributed by atoms with Crippen LogP contribution in [-0.4, -0.2) is 50.4 Å². The van der Waals surface area contributed by atoms with E-state index < -0.39 is 6.09 Å². The van der Waals surface area contributed by atoms with Crippen LogP contribution in [0.15, 0.2) is 0 Å². The normalized spacial score (nSPS) is 9.59. The summed E-state index contributed by atoms with van der Waals surface area (Å²) in [6, 6.07) is 0.